The molecule has 0 saturated heterocycles. The lowest BCUT2D eigenvalue weighted by Gasteiger charge is -2.05. The average molecular weight is 326 g/mol. The molecule has 0 atom stereocenters. The van der Waals surface area contributed by atoms with Gasteiger partial charge in [0.15, 0.2) is 5.13 Å². The first-order valence-electron chi connectivity index (χ1n) is 5.39. The number of benzene rings is 1. The Labute approximate surface area is 117 Å². The van der Waals surface area contributed by atoms with E-state index in [-0.39, 0.29) is 5.91 Å². The fourth-order valence-corrected chi connectivity index (χ4v) is 2.54. The Morgan fingerprint density at radius 1 is 1.44 bits per heavy atom. The molecule has 0 aliphatic carbocycles. The van der Waals surface area contributed by atoms with E-state index in [0.29, 0.717) is 23.7 Å². The van der Waals surface area contributed by atoms with E-state index in [2.05, 4.69) is 26.2 Å². The van der Waals surface area contributed by atoms with Crippen LogP contribution in [0.1, 0.15) is 16.1 Å². The zero-order valence-corrected chi connectivity index (χ0v) is 11.9. The molecule has 2 rings (SSSR count). The number of hydrogen-bond acceptors (Lipinski definition) is 4. The van der Waals surface area contributed by atoms with Gasteiger partial charge in [0, 0.05) is 22.8 Å². The Balaban J connectivity index is 1.87. The van der Waals surface area contributed by atoms with Gasteiger partial charge in [0.25, 0.3) is 5.91 Å². The summed E-state index contributed by atoms with van der Waals surface area (Å²) in [6.07, 6.45) is 0.684. The third-order valence-electron chi connectivity index (χ3n) is 2.35. The van der Waals surface area contributed by atoms with Crippen LogP contribution in [0, 0.1) is 0 Å². The van der Waals surface area contributed by atoms with E-state index < -0.39 is 0 Å². The number of aromatic nitrogens is 1. The molecule has 1 amide bonds. The molecule has 1 aromatic heterocycles. The van der Waals surface area contributed by atoms with E-state index in [1.165, 1.54) is 11.3 Å². The second-order valence-corrected chi connectivity index (χ2v) is 5.41. The first kappa shape index (κ1) is 13.0. The molecule has 0 fully saturated rings. The van der Waals surface area contributed by atoms with Gasteiger partial charge in [-0.05, 0) is 28.1 Å². The predicted octanol–water partition coefficient (Wildman–Crippen LogP) is 2.46. The molecule has 0 aliphatic heterocycles. The van der Waals surface area contributed by atoms with E-state index >= 15 is 0 Å². The predicted molar refractivity (Wildman–Crippen MR) is 76.7 cm³/mol. The van der Waals surface area contributed by atoms with Gasteiger partial charge in [0.2, 0.25) is 0 Å². The molecule has 0 bridgehead atoms. The van der Waals surface area contributed by atoms with Crippen LogP contribution in [0.15, 0.2) is 34.1 Å². The van der Waals surface area contributed by atoms with Gasteiger partial charge in [0.1, 0.15) is 0 Å². The van der Waals surface area contributed by atoms with Crippen LogP contribution in [0.3, 0.4) is 0 Å². The molecule has 0 unspecified atom stereocenters. The lowest BCUT2D eigenvalue weighted by molar-refractivity contribution is 0.0953. The number of rotatable bonds is 4. The molecule has 4 nitrogen and oxygen atoms in total. The third kappa shape index (κ3) is 3.30. The van der Waals surface area contributed by atoms with Gasteiger partial charge in [-0.15, -0.1) is 11.3 Å². The van der Waals surface area contributed by atoms with Crippen LogP contribution in [0.5, 0.6) is 0 Å². The minimum Gasteiger partial charge on any atom is -0.375 e. The molecule has 1 heterocycles. The molecule has 3 N–H and O–H groups in total. The van der Waals surface area contributed by atoms with Crippen LogP contribution in [0.25, 0.3) is 0 Å². The zero-order valence-electron chi connectivity index (χ0n) is 9.52. The first-order chi connectivity index (χ1) is 8.66. The van der Waals surface area contributed by atoms with Gasteiger partial charge in [-0.25, -0.2) is 4.98 Å². The monoisotopic (exact) mass is 325 g/mol. The Morgan fingerprint density at radius 3 is 2.89 bits per heavy atom. The summed E-state index contributed by atoms with van der Waals surface area (Å²) >= 11 is 4.76. The molecule has 18 heavy (non-hydrogen) atoms. The Bertz CT molecular complexity index is 556. The van der Waals surface area contributed by atoms with Crippen molar-refractivity contribution in [1.82, 2.24) is 10.3 Å². The highest BCUT2D eigenvalue weighted by molar-refractivity contribution is 9.10. The minimum absolute atomic E-state index is 0.0920. The lowest BCUT2D eigenvalue weighted by atomic mass is 10.2. The summed E-state index contributed by atoms with van der Waals surface area (Å²) in [6, 6.07) is 7.33. The van der Waals surface area contributed by atoms with Gasteiger partial charge >= 0.3 is 0 Å². The maximum Gasteiger partial charge on any atom is 0.252 e. The van der Waals surface area contributed by atoms with Gasteiger partial charge in [-0.2, -0.15) is 0 Å². The summed E-state index contributed by atoms with van der Waals surface area (Å²) in [5.74, 6) is -0.0920. The average Bonchev–Trinajstić information content (AvgIpc) is 2.75. The highest BCUT2D eigenvalue weighted by atomic mass is 79.9. The number of anilines is 1. The Kier molecular flexibility index (Phi) is 4.33. The van der Waals surface area contributed by atoms with Crippen molar-refractivity contribution >= 4 is 38.3 Å². The topological polar surface area (TPSA) is 68.0 Å². The molecule has 2 aromatic rings. The number of nitrogens with zero attached hydrogens (tertiary/aromatic N) is 1. The van der Waals surface area contributed by atoms with Gasteiger partial charge in [0.05, 0.1) is 11.3 Å². The molecule has 1 aromatic carbocycles. The summed E-state index contributed by atoms with van der Waals surface area (Å²) in [5, 5.41) is 5.31. The summed E-state index contributed by atoms with van der Waals surface area (Å²) in [7, 11) is 0. The number of nitrogens with two attached hydrogens (primary N) is 1. The number of nitrogens with one attached hydrogen (secondary N) is 1. The van der Waals surface area contributed by atoms with Crippen LogP contribution < -0.4 is 11.1 Å². The first-order valence-corrected chi connectivity index (χ1v) is 7.06. The fraction of sp³-hybridized carbons (Fsp3) is 0.167. The summed E-state index contributed by atoms with van der Waals surface area (Å²) in [4.78, 5) is 16.0. The molecule has 6 heteroatoms. The minimum atomic E-state index is -0.0920. The van der Waals surface area contributed by atoms with Gasteiger partial charge in [-0.1, -0.05) is 12.1 Å². The van der Waals surface area contributed by atoms with Crippen LogP contribution in [0.2, 0.25) is 0 Å². The molecule has 0 aliphatic rings. The zero-order chi connectivity index (χ0) is 13.0. The number of carbonyl (C=O) groups is 1. The second-order valence-electron chi connectivity index (χ2n) is 3.66. The van der Waals surface area contributed by atoms with Gasteiger partial charge in [-0.3, -0.25) is 4.79 Å². The lowest BCUT2D eigenvalue weighted by Crippen LogP contribution is -2.26. The standard InChI is InChI=1S/C12H12BrN3OS/c13-10-4-2-1-3-9(10)11(17)15-6-5-8-7-18-12(14)16-8/h1-4,7H,5-6H2,(H2,14,16)(H,15,17). The number of amides is 1. The van der Waals surface area contributed by atoms with Crippen molar-refractivity contribution in [2.24, 2.45) is 0 Å². The van der Waals surface area contributed by atoms with Crippen molar-refractivity contribution in [3.63, 3.8) is 0 Å². The maximum atomic E-state index is 11.9. The van der Waals surface area contributed by atoms with E-state index in [9.17, 15) is 4.79 Å². The maximum absolute atomic E-state index is 11.9. The van der Waals surface area contributed by atoms with Crippen molar-refractivity contribution in [3.05, 3.63) is 45.4 Å². The third-order valence-corrected chi connectivity index (χ3v) is 3.77. The number of thiazole rings is 1. The van der Waals surface area contributed by atoms with Crippen LogP contribution in [0.4, 0.5) is 5.13 Å². The number of hydrogen-bond donors (Lipinski definition) is 2. The van der Waals surface area contributed by atoms with Crippen molar-refractivity contribution < 1.29 is 4.79 Å². The molecular weight excluding hydrogens is 314 g/mol. The largest absolute Gasteiger partial charge is 0.375 e. The van der Waals surface area contributed by atoms with Crippen molar-refractivity contribution in [2.75, 3.05) is 12.3 Å². The molecule has 0 radical (unpaired) electrons. The highest BCUT2D eigenvalue weighted by Gasteiger charge is 2.08. The van der Waals surface area contributed by atoms with Crippen molar-refractivity contribution in [3.8, 4) is 0 Å². The molecule has 0 saturated carbocycles. The fourth-order valence-electron chi connectivity index (χ4n) is 1.48. The Morgan fingerprint density at radius 2 is 2.22 bits per heavy atom. The SMILES string of the molecule is Nc1nc(CCNC(=O)c2ccccc2Br)cs1. The Hall–Kier alpha value is -1.40. The van der Waals surface area contributed by atoms with Crippen LogP contribution in [-0.4, -0.2) is 17.4 Å². The van der Waals surface area contributed by atoms with E-state index in [1.807, 2.05) is 23.6 Å². The van der Waals surface area contributed by atoms with Gasteiger partial charge < -0.3 is 11.1 Å². The molecule has 0 spiro atoms. The summed E-state index contributed by atoms with van der Waals surface area (Å²) < 4.78 is 0.792. The molecule has 94 valence electrons. The normalized spacial score (nSPS) is 10.3. The second kappa shape index (κ2) is 5.97. The smallest absolute Gasteiger partial charge is 0.252 e. The number of carbonyl (C=O) groups excluding carboxylic acids is 1. The van der Waals surface area contributed by atoms with E-state index in [0.717, 1.165) is 10.2 Å². The van der Waals surface area contributed by atoms with Crippen LogP contribution in [-0.2, 0) is 6.42 Å². The van der Waals surface area contributed by atoms with Crippen LogP contribution >= 0.6 is 27.3 Å². The highest BCUT2D eigenvalue weighted by Crippen LogP contribution is 2.15. The summed E-state index contributed by atoms with van der Waals surface area (Å²) in [6.45, 7) is 0.545. The van der Waals surface area contributed by atoms with E-state index in [1.54, 1.807) is 6.07 Å². The number of halogens is 1. The van der Waals surface area contributed by atoms with Crippen molar-refractivity contribution in [2.45, 2.75) is 6.42 Å². The van der Waals surface area contributed by atoms with Crippen molar-refractivity contribution in [1.29, 1.82) is 0 Å². The quantitative estimate of drug-likeness (QED) is 0.907. The number of nitrogen functional groups attached to an aromatic ring is 1. The summed E-state index contributed by atoms with van der Waals surface area (Å²) in [5.41, 5.74) is 7.08. The molecular formula is C12H12BrN3OS. The van der Waals surface area contributed by atoms with E-state index in [4.69, 9.17) is 5.73 Å².